The highest BCUT2D eigenvalue weighted by atomic mass is 16.6. The molecule has 2 atom stereocenters. The van der Waals surface area contributed by atoms with Gasteiger partial charge >= 0.3 is 6.09 Å². The van der Waals surface area contributed by atoms with Crippen molar-refractivity contribution in [3.05, 3.63) is 42.8 Å². The molecule has 0 aliphatic carbocycles. The highest BCUT2D eigenvalue weighted by Gasteiger charge is 2.36. The van der Waals surface area contributed by atoms with E-state index < -0.39 is 18.2 Å². The maximum absolute atomic E-state index is 12.0. The van der Waals surface area contributed by atoms with Crippen LogP contribution in [0.3, 0.4) is 0 Å². The summed E-state index contributed by atoms with van der Waals surface area (Å²) >= 11 is 0. The van der Waals surface area contributed by atoms with Crippen LogP contribution in [0.5, 0.6) is 0 Å². The summed E-state index contributed by atoms with van der Waals surface area (Å²) in [7, 11) is 0. The monoisotopic (exact) mass is 275 g/mol. The van der Waals surface area contributed by atoms with Gasteiger partial charge in [0, 0.05) is 6.54 Å². The van der Waals surface area contributed by atoms with Crippen LogP contribution in [0.1, 0.15) is 18.4 Å². The normalized spacial score (nSPS) is 19.7. The predicted molar refractivity (Wildman–Crippen MR) is 74.7 cm³/mol. The lowest BCUT2D eigenvalue weighted by Gasteiger charge is -2.24. The van der Waals surface area contributed by atoms with Gasteiger partial charge in [-0.25, -0.2) is 4.79 Å². The molecule has 1 aliphatic rings. The number of hydrogen-bond acceptors (Lipinski definition) is 4. The topological polar surface area (TPSA) is 72.6 Å². The van der Waals surface area contributed by atoms with Crippen molar-refractivity contribution in [3.8, 4) is 0 Å². The van der Waals surface area contributed by atoms with Crippen LogP contribution in [0, 0.1) is 6.92 Å². The Kier molecular flexibility index (Phi) is 4.74. The van der Waals surface area contributed by atoms with E-state index in [1.165, 1.54) is 4.90 Å². The molecule has 0 spiro atoms. The van der Waals surface area contributed by atoms with Crippen molar-refractivity contribution in [1.29, 1.82) is 0 Å². The number of ether oxygens (including phenoxy) is 1. The first kappa shape index (κ1) is 14.5. The number of nitrogens with zero attached hydrogens (tertiary/aromatic N) is 1. The number of ketones is 1. The predicted octanol–water partition coefficient (Wildman–Crippen LogP) is 1.52. The van der Waals surface area contributed by atoms with Crippen LogP contribution in [0.15, 0.2) is 30.3 Å². The highest BCUT2D eigenvalue weighted by molar-refractivity contribution is 5.92. The van der Waals surface area contributed by atoms with Gasteiger partial charge in [0.2, 0.25) is 0 Å². The van der Waals surface area contributed by atoms with Crippen molar-refractivity contribution < 1.29 is 14.3 Å². The Morgan fingerprint density at radius 2 is 2.10 bits per heavy atom. The summed E-state index contributed by atoms with van der Waals surface area (Å²) < 4.78 is 5.25. The Hall–Kier alpha value is -1.88. The van der Waals surface area contributed by atoms with Crippen molar-refractivity contribution in [1.82, 2.24) is 4.90 Å². The summed E-state index contributed by atoms with van der Waals surface area (Å²) in [5.41, 5.74) is 6.42. The molecule has 1 unspecified atom stereocenters. The zero-order valence-corrected chi connectivity index (χ0v) is 11.3. The summed E-state index contributed by atoms with van der Waals surface area (Å²) in [6.45, 7) is 4.25. The Balaban J connectivity index is 1.93. The van der Waals surface area contributed by atoms with Crippen molar-refractivity contribution in [2.45, 2.75) is 31.5 Å². The standard InChI is InChI=1S/C15H19N2O3/c1-11(16)14(18)13-8-5-9-17(13)15(19)20-10-12-6-3-2-4-7-12/h2-4,6-7,11,13H,1,5,8-10,16H2/t11?,13-/m1/s1. The van der Waals surface area contributed by atoms with Crippen LogP contribution < -0.4 is 5.73 Å². The average Bonchev–Trinajstić information content (AvgIpc) is 2.94. The summed E-state index contributed by atoms with van der Waals surface area (Å²) in [4.78, 5) is 25.4. The molecule has 1 aromatic carbocycles. The number of Topliss-reactive ketones (excluding diaryl/α,β-unsaturated/α-hetero) is 1. The molecule has 1 aromatic rings. The second-order valence-electron chi connectivity index (χ2n) is 4.90. The van der Waals surface area contributed by atoms with Crippen LogP contribution in [-0.4, -0.2) is 35.4 Å². The first-order valence-corrected chi connectivity index (χ1v) is 6.69. The molecular formula is C15H19N2O3. The second-order valence-corrected chi connectivity index (χ2v) is 4.90. The fourth-order valence-electron chi connectivity index (χ4n) is 2.33. The minimum atomic E-state index is -0.803. The molecule has 1 heterocycles. The molecule has 0 saturated carbocycles. The van der Waals surface area contributed by atoms with Gasteiger partial charge in [-0.2, -0.15) is 0 Å². The van der Waals surface area contributed by atoms with Gasteiger partial charge in [-0.15, -0.1) is 0 Å². The van der Waals surface area contributed by atoms with Crippen LogP contribution in [-0.2, 0) is 16.1 Å². The SMILES string of the molecule is [CH2]C(N)C(=O)[C@H]1CCCN1C(=O)OCc1ccccc1. The number of amides is 1. The number of nitrogens with two attached hydrogens (primary N) is 1. The van der Waals surface area contributed by atoms with E-state index in [4.69, 9.17) is 10.5 Å². The first-order chi connectivity index (χ1) is 9.59. The quantitative estimate of drug-likeness (QED) is 0.904. The summed E-state index contributed by atoms with van der Waals surface area (Å²) in [6, 6.07) is 8.13. The first-order valence-electron chi connectivity index (χ1n) is 6.69. The van der Waals surface area contributed by atoms with Gasteiger partial charge in [0.25, 0.3) is 0 Å². The fourth-order valence-corrected chi connectivity index (χ4v) is 2.33. The van der Waals surface area contributed by atoms with E-state index in [9.17, 15) is 9.59 Å². The third kappa shape index (κ3) is 3.36. The van der Waals surface area contributed by atoms with Gasteiger partial charge in [0.15, 0.2) is 5.78 Å². The molecule has 1 fully saturated rings. The van der Waals surface area contributed by atoms with E-state index in [2.05, 4.69) is 6.92 Å². The van der Waals surface area contributed by atoms with E-state index in [-0.39, 0.29) is 12.4 Å². The molecule has 1 saturated heterocycles. The van der Waals surface area contributed by atoms with E-state index in [1.807, 2.05) is 30.3 Å². The lowest BCUT2D eigenvalue weighted by Crippen LogP contribution is -2.46. The molecule has 1 amide bonds. The van der Waals surface area contributed by atoms with E-state index in [0.717, 1.165) is 12.0 Å². The zero-order valence-electron chi connectivity index (χ0n) is 11.3. The van der Waals surface area contributed by atoms with Crippen molar-refractivity contribution in [2.75, 3.05) is 6.54 Å². The summed E-state index contributed by atoms with van der Waals surface area (Å²) in [5.74, 6) is -0.209. The number of likely N-dealkylation sites (tertiary alicyclic amines) is 1. The lowest BCUT2D eigenvalue weighted by atomic mass is 10.1. The van der Waals surface area contributed by atoms with Gasteiger partial charge in [-0.3, -0.25) is 9.69 Å². The molecule has 1 aliphatic heterocycles. The highest BCUT2D eigenvalue weighted by Crippen LogP contribution is 2.20. The van der Waals surface area contributed by atoms with Crippen molar-refractivity contribution in [3.63, 3.8) is 0 Å². The molecule has 20 heavy (non-hydrogen) atoms. The number of carbonyl (C=O) groups is 2. The minimum Gasteiger partial charge on any atom is -0.445 e. The molecule has 1 radical (unpaired) electrons. The van der Waals surface area contributed by atoms with Crippen LogP contribution in [0.2, 0.25) is 0 Å². The Morgan fingerprint density at radius 3 is 2.75 bits per heavy atom. The Labute approximate surface area is 118 Å². The molecule has 0 aromatic heterocycles. The Morgan fingerprint density at radius 1 is 1.40 bits per heavy atom. The second kappa shape index (κ2) is 6.52. The van der Waals surface area contributed by atoms with Crippen LogP contribution in [0.25, 0.3) is 0 Å². The molecular weight excluding hydrogens is 256 g/mol. The van der Waals surface area contributed by atoms with E-state index in [1.54, 1.807) is 0 Å². The van der Waals surface area contributed by atoms with Gasteiger partial charge in [0.05, 0.1) is 12.1 Å². The summed E-state index contributed by atoms with van der Waals surface area (Å²) in [6.07, 6.45) is 0.942. The lowest BCUT2D eigenvalue weighted by molar-refractivity contribution is -0.123. The van der Waals surface area contributed by atoms with E-state index >= 15 is 0 Å². The van der Waals surface area contributed by atoms with Gasteiger partial charge in [-0.05, 0) is 25.3 Å². The number of rotatable bonds is 4. The molecule has 2 N–H and O–H groups in total. The smallest absolute Gasteiger partial charge is 0.410 e. The van der Waals surface area contributed by atoms with Gasteiger partial charge in [0.1, 0.15) is 6.61 Å². The van der Waals surface area contributed by atoms with Crippen molar-refractivity contribution in [2.24, 2.45) is 5.73 Å². The molecule has 0 bridgehead atoms. The third-order valence-corrected chi connectivity index (χ3v) is 3.39. The number of carbonyl (C=O) groups excluding carboxylic acids is 2. The molecule has 5 heteroatoms. The maximum atomic E-state index is 12.0. The molecule has 2 rings (SSSR count). The molecule has 5 nitrogen and oxygen atoms in total. The number of benzene rings is 1. The van der Waals surface area contributed by atoms with Crippen LogP contribution >= 0.6 is 0 Å². The fraction of sp³-hybridized carbons (Fsp3) is 0.400. The van der Waals surface area contributed by atoms with Crippen LogP contribution in [0.4, 0.5) is 4.79 Å². The van der Waals surface area contributed by atoms with Crippen molar-refractivity contribution >= 4 is 11.9 Å². The Bertz CT molecular complexity index is 473. The third-order valence-electron chi connectivity index (χ3n) is 3.39. The van der Waals surface area contributed by atoms with Gasteiger partial charge < -0.3 is 10.5 Å². The molecule has 107 valence electrons. The van der Waals surface area contributed by atoms with Gasteiger partial charge in [-0.1, -0.05) is 30.3 Å². The zero-order chi connectivity index (χ0) is 14.5. The largest absolute Gasteiger partial charge is 0.445 e. The average molecular weight is 275 g/mol. The minimum absolute atomic E-state index is 0.202. The number of hydrogen-bond donors (Lipinski definition) is 1. The maximum Gasteiger partial charge on any atom is 0.410 e. The van der Waals surface area contributed by atoms with E-state index in [0.29, 0.717) is 13.0 Å². The summed E-state index contributed by atoms with van der Waals surface area (Å²) in [5, 5.41) is 0.